The Morgan fingerprint density at radius 1 is 0.760 bits per heavy atom. The zero-order valence-electron chi connectivity index (χ0n) is 13.5. The van der Waals surface area contributed by atoms with Gasteiger partial charge in [-0.1, -0.05) is 72.1 Å². The Balaban J connectivity index is 0.000000145. The number of aromatic hydroxyl groups is 1. The number of rotatable bonds is 1. The fourth-order valence-electron chi connectivity index (χ4n) is 2.04. The number of benzene rings is 3. The van der Waals surface area contributed by atoms with Gasteiger partial charge in [-0.25, -0.2) is 4.79 Å². The first kappa shape index (κ1) is 18.2. The monoisotopic (exact) mass is 346 g/mol. The van der Waals surface area contributed by atoms with Gasteiger partial charge in [-0.15, -0.1) is 0 Å². The van der Waals surface area contributed by atoms with Crippen molar-refractivity contribution in [2.45, 2.75) is 0 Å². The van der Waals surface area contributed by atoms with Gasteiger partial charge in [0.2, 0.25) is 0 Å². The van der Waals surface area contributed by atoms with Crippen molar-refractivity contribution < 1.29 is 15.0 Å². The number of carboxylic acids is 1. The van der Waals surface area contributed by atoms with E-state index in [1.807, 2.05) is 30.3 Å². The lowest BCUT2D eigenvalue weighted by atomic mass is 10.1. The number of carboxylic acid groups (broad SMARTS) is 1. The Morgan fingerprint density at radius 3 is 1.88 bits per heavy atom. The summed E-state index contributed by atoms with van der Waals surface area (Å²) < 4.78 is 0. The Morgan fingerprint density at radius 2 is 1.36 bits per heavy atom. The van der Waals surface area contributed by atoms with Crippen LogP contribution in [-0.2, 0) is 0 Å². The molecule has 0 aromatic heterocycles. The first-order valence-electron chi connectivity index (χ1n) is 7.70. The molecule has 124 valence electrons. The van der Waals surface area contributed by atoms with Crippen LogP contribution in [0.4, 0.5) is 0 Å². The summed E-state index contributed by atoms with van der Waals surface area (Å²) in [7, 11) is 0.948. The van der Waals surface area contributed by atoms with Gasteiger partial charge >= 0.3 is 5.97 Å². The zero-order chi connectivity index (χ0) is 17.9. The molecule has 3 aromatic rings. The Bertz CT molecular complexity index is 860. The van der Waals surface area contributed by atoms with E-state index < -0.39 is 5.97 Å². The summed E-state index contributed by atoms with van der Waals surface area (Å²) in [4.78, 5) is 10.2. The number of aromatic carboxylic acids is 1. The maximum absolute atomic E-state index is 10.2. The molecule has 0 amide bonds. The fourth-order valence-corrected chi connectivity index (χ4v) is 2.59. The van der Waals surface area contributed by atoms with Gasteiger partial charge in [0.25, 0.3) is 0 Å². The molecule has 2 N–H and O–H groups in total. The summed E-state index contributed by atoms with van der Waals surface area (Å²) in [6.45, 7) is 0. The predicted molar refractivity (Wildman–Crippen MR) is 103 cm³/mol. The minimum Gasteiger partial charge on any atom is -0.508 e. The summed E-state index contributed by atoms with van der Waals surface area (Å²) in [6, 6.07) is 21.6. The number of fused-ring (bicyclic) bond motifs is 1. The van der Waals surface area contributed by atoms with Crippen molar-refractivity contribution in [1.82, 2.24) is 0 Å². The molecule has 0 saturated carbocycles. The van der Waals surface area contributed by atoms with E-state index in [-0.39, 0.29) is 0 Å². The fraction of sp³-hybridized carbons (Fsp3) is 0. The number of carbonyl (C=O) groups is 1. The standard InChI is InChI=1S/C10H8O.C7H6O2.C4H4Si/c11-10-6-5-8-3-1-2-4-9(8)7-10;8-7(9)6-4-2-1-3-5-6;1-2-4-5-3-1/h1-7,11H;1-5H,(H,8,9);1-4H. The van der Waals surface area contributed by atoms with E-state index in [9.17, 15) is 4.79 Å². The highest BCUT2D eigenvalue weighted by Crippen LogP contribution is 2.18. The topological polar surface area (TPSA) is 57.5 Å². The summed E-state index contributed by atoms with van der Waals surface area (Å²) >= 11 is 0. The predicted octanol–water partition coefficient (Wildman–Crippen LogP) is 4.66. The summed E-state index contributed by atoms with van der Waals surface area (Å²) in [5, 5.41) is 19.7. The van der Waals surface area contributed by atoms with Gasteiger partial charge in [0.1, 0.15) is 15.3 Å². The maximum atomic E-state index is 10.2. The van der Waals surface area contributed by atoms with Gasteiger partial charge in [-0.05, 0) is 35.0 Å². The molecule has 0 unspecified atom stereocenters. The quantitative estimate of drug-likeness (QED) is 0.630. The first-order valence-corrected chi connectivity index (χ1v) is 8.86. The van der Waals surface area contributed by atoms with Crippen molar-refractivity contribution in [2.75, 3.05) is 0 Å². The molecular weight excluding hydrogens is 328 g/mol. The van der Waals surface area contributed by atoms with Crippen LogP contribution in [0.5, 0.6) is 5.75 Å². The van der Waals surface area contributed by atoms with E-state index in [1.54, 1.807) is 42.5 Å². The Kier molecular flexibility index (Phi) is 7.22. The second-order valence-electron chi connectivity index (χ2n) is 5.09. The van der Waals surface area contributed by atoms with E-state index in [4.69, 9.17) is 10.2 Å². The highest BCUT2D eigenvalue weighted by Gasteiger charge is 1.96. The third kappa shape index (κ3) is 6.49. The second-order valence-corrected chi connectivity index (χ2v) is 6.09. The van der Waals surface area contributed by atoms with Crippen molar-refractivity contribution >= 4 is 26.3 Å². The van der Waals surface area contributed by atoms with Crippen LogP contribution in [0.2, 0.25) is 0 Å². The van der Waals surface area contributed by atoms with Gasteiger partial charge in [-0.3, -0.25) is 0 Å². The minimum absolute atomic E-state index is 0.323. The largest absolute Gasteiger partial charge is 0.508 e. The van der Waals surface area contributed by atoms with Gasteiger partial charge in [0, 0.05) is 0 Å². The van der Waals surface area contributed by atoms with Crippen LogP contribution in [0.1, 0.15) is 10.4 Å². The molecule has 0 saturated heterocycles. The molecule has 0 bridgehead atoms. The molecule has 25 heavy (non-hydrogen) atoms. The number of hydrogen-bond acceptors (Lipinski definition) is 2. The number of phenols is 1. The molecule has 3 aromatic carbocycles. The van der Waals surface area contributed by atoms with Crippen molar-refractivity contribution in [3.8, 4) is 5.75 Å². The SMILES string of the molecule is C1=C[Si]C=C1.O=C(O)c1ccccc1.Oc1ccc2ccccc2c1. The third-order valence-corrected chi connectivity index (χ3v) is 4.02. The summed E-state index contributed by atoms with van der Waals surface area (Å²) in [5.74, 6) is -0.556. The number of hydrogen-bond donors (Lipinski definition) is 2. The maximum Gasteiger partial charge on any atom is 0.335 e. The van der Waals surface area contributed by atoms with Crippen LogP contribution in [0.15, 0.2) is 96.3 Å². The van der Waals surface area contributed by atoms with Crippen molar-refractivity contribution in [2.24, 2.45) is 0 Å². The third-order valence-electron chi connectivity index (χ3n) is 3.25. The van der Waals surface area contributed by atoms with Gasteiger partial charge in [0.05, 0.1) is 5.56 Å². The second kappa shape index (κ2) is 9.90. The van der Waals surface area contributed by atoms with Crippen molar-refractivity contribution in [1.29, 1.82) is 0 Å². The lowest BCUT2D eigenvalue weighted by Gasteiger charge is -1.96. The van der Waals surface area contributed by atoms with E-state index in [1.165, 1.54) is 0 Å². The molecule has 1 heterocycles. The molecule has 1 aliphatic rings. The van der Waals surface area contributed by atoms with Crippen LogP contribution in [0, 0.1) is 0 Å². The molecule has 2 radical (unpaired) electrons. The molecule has 4 rings (SSSR count). The van der Waals surface area contributed by atoms with Crippen molar-refractivity contribution in [3.05, 3.63) is 102 Å². The van der Waals surface area contributed by atoms with Gasteiger partial charge < -0.3 is 10.2 Å². The van der Waals surface area contributed by atoms with Crippen LogP contribution < -0.4 is 0 Å². The normalized spacial score (nSPS) is 11.2. The first-order chi connectivity index (χ1) is 12.2. The van der Waals surface area contributed by atoms with Crippen molar-refractivity contribution in [3.63, 3.8) is 0 Å². The average molecular weight is 346 g/mol. The van der Waals surface area contributed by atoms with Crippen LogP contribution in [0.25, 0.3) is 10.8 Å². The highest BCUT2D eigenvalue weighted by molar-refractivity contribution is 6.49. The summed E-state index contributed by atoms with van der Waals surface area (Å²) in [6.07, 6.45) is 4.14. The molecule has 1 aliphatic heterocycles. The Hall–Kier alpha value is -3.11. The average Bonchev–Trinajstić information content (AvgIpc) is 3.23. The van der Waals surface area contributed by atoms with Crippen LogP contribution >= 0.6 is 0 Å². The molecule has 3 nitrogen and oxygen atoms in total. The van der Waals surface area contributed by atoms with E-state index in [0.717, 1.165) is 20.3 Å². The zero-order valence-corrected chi connectivity index (χ0v) is 14.5. The highest BCUT2D eigenvalue weighted by atomic mass is 28.2. The molecule has 0 fully saturated rings. The molecular formula is C21H18O3Si. The number of allylic oxidation sites excluding steroid dienone is 2. The van der Waals surface area contributed by atoms with E-state index in [2.05, 4.69) is 23.6 Å². The summed E-state index contributed by atoms with van der Waals surface area (Å²) in [5.41, 5.74) is 4.64. The van der Waals surface area contributed by atoms with Crippen LogP contribution in [0.3, 0.4) is 0 Å². The minimum atomic E-state index is -0.879. The Labute approximate surface area is 149 Å². The molecule has 0 atom stereocenters. The number of phenolic OH excluding ortho intramolecular Hbond substituents is 1. The lowest BCUT2D eigenvalue weighted by molar-refractivity contribution is 0.0697. The molecule has 0 spiro atoms. The van der Waals surface area contributed by atoms with Crippen LogP contribution in [-0.4, -0.2) is 25.7 Å². The van der Waals surface area contributed by atoms with E-state index in [0.29, 0.717) is 11.3 Å². The molecule has 0 aliphatic carbocycles. The van der Waals surface area contributed by atoms with Gasteiger partial charge in [-0.2, -0.15) is 0 Å². The van der Waals surface area contributed by atoms with E-state index >= 15 is 0 Å². The lowest BCUT2D eigenvalue weighted by Crippen LogP contribution is -1.93. The molecule has 4 heteroatoms. The van der Waals surface area contributed by atoms with Gasteiger partial charge in [0.15, 0.2) is 0 Å². The smallest absolute Gasteiger partial charge is 0.335 e.